The fourth-order valence-corrected chi connectivity index (χ4v) is 1.98. The van der Waals surface area contributed by atoms with Crippen LogP contribution >= 0.6 is 23.2 Å². The summed E-state index contributed by atoms with van der Waals surface area (Å²) in [6.45, 7) is 0. The number of carbonyl (C=O) groups is 1. The van der Waals surface area contributed by atoms with Crippen molar-refractivity contribution in [3.63, 3.8) is 0 Å². The molecule has 0 aliphatic rings. The van der Waals surface area contributed by atoms with Crippen LogP contribution in [0.2, 0.25) is 10.0 Å². The number of nitrogens with zero attached hydrogens (tertiary/aromatic N) is 1. The standard InChI is InChI=1S/C12H7Cl2NO/c13-11-5-9(6-12(14)10(11)7-16)8-1-3-15-4-2-8/h1-7H. The quantitative estimate of drug-likeness (QED) is 0.759. The molecule has 0 saturated carbocycles. The van der Waals surface area contributed by atoms with Gasteiger partial charge in [-0.1, -0.05) is 23.2 Å². The molecule has 1 heterocycles. The monoisotopic (exact) mass is 251 g/mol. The maximum atomic E-state index is 10.7. The third-order valence-corrected chi connectivity index (χ3v) is 2.84. The third kappa shape index (κ3) is 2.08. The minimum absolute atomic E-state index is 0.320. The topological polar surface area (TPSA) is 30.0 Å². The number of aromatic nitrogens is 1. The predicted molar refractivity (Wildman–Crippen MR) is 65.1 cm³/mol. The van der Waals surface area contributed by atoms with Crippen molar-refractivity contribution >= 4 is 29.5 Å². The summed E-state index contributed by atoms with van der Waals surface area (Å²) in [5.41, 5.74) is 2.14. The van der Waals surface area contributed by atoms with E-state index >= 15 is 0 Å². The molecule has 2 aromatic rings. The van der Waals surface area contributed by atoms with Crippen molar-refractivity contribution in [2.45, 2.75) is 0 Å². The highest BCUT2D eigenvalue weighted by atomic mass is 35.5. The second-order valence-corrected chi connectivity index (χ2v) is 4.02. The highest BCUT2D eigenvalue weighted by molar-refractivity contribution is 6.38. The van der Waals surface area contributed by atoms with Gasteiger partial charge in [-0.25, -0.2) is 0 Å². The van der Waals surface area contributed by atoms with Crippen molar-refractivity contribution in [1.82, 2.24) is 4.98 Å². The van der Waals surface area contributed by atoms with Crippen LogP contribution in [0.1, 0.15) is 10.4 Å². The molecule has 0 aliphatic heterocycles. The van der Waals surface area contributed by atoms with Crippen molar-refractivity contribution in [2.24, 2.45) is 0 Å². The Bertz CT molecular complexity index is 503. The molecule has 0 N–H and O–H groups in total. The molecule has 0 radical (unpaired) electrons. The lowest BCUT2D eigenvalue weighted by Crippen LogP contribution is -1.87. The molecule has 0 aliphatic carbocycles. The van der Waals surface area contributed by atoms with Gasteiger partial charge in [0.05, 0.1) is 15.6 Å². The number of hydrogen-bond acceptors (Lipinski definition) is 2. The van der Waals surface area contributed by atoms with Gasteiger partial charge in [-0.3, -0.25) is 9.78 Å². The molecule has 0 fully saturated rings. The van der Waals surface area contributed by atoms with Gasteiger partial charge < -0.3 is 0 Å². The van der Waals surface area contributed by atoms with Gasteiger partial charge in [0.1, 0.15) is 0 Å². The lowest BCUT2D eigenvalue weighted by Gasteiger charge is -2.05. The van der Waals surface area contributed by atoms with Crippen molar-refractivity contribution in [3.05, 3.63) is 52.3 Å². The summed E-state index contributed by atoms with van der Waals surface area (Å²) in [4.78, 5) is 14.6. The minimum Gasteiger partial charge on any atom is -0.298 e. The van der Waals surface area contributed by atoms with E-state index in [-0.39, 0.29) is 0 Å². The molecule has 1 aromatic carbocycles. The van der Waals surface area contributed by atoms with E-state index in [9.17, 15) is 4.79 Å². The molecular weight excluding hydrogens is 245 g/mol. The van der Waals surface area contributed by atoms with Crippen LogP contribution in [0.25, 0.3) is 11.1 Å². The summed E-state index contributed by atoms with van der Waals surface area (Å²) in [6, 6.07) is 7.13. The van der Waals surface area contributed by atoms with E-state index < -0.39 is 0 Å². The van der Waals surface area contributed by atoms with Crippen LogP contribution in [-0.2, 0) is 0 Å². The maximum Gasteiger partial charge on any atom is 0.153 e. The molecular formula is C12H7Cl2NO. The van der Waals surface area contributed by atoms with E-state index in [2.05, 4.69) is 4.98 Å². The Morgan fingerprint density at radius 1 is 1.00 bits per heavy atom. The zero-order valence-electron chi connectivity index (χ0n) is 8.15. The normalized spacial score (nSPS) is 10.1. The largest absolute Gasteiger partial charge is 0.298 e. The molecule has 0 saturated heterocycles. The van der Waals surface area contributed by atoms with E-state index in [0.717, 1.165) is 11.1 Å². The van der Waals surface area contributed by atoms with Gasteiger partial charge >= 0.3 is 0 Å². The molecule has 80 valence electrons. The molecule has 0 spiro atoms. The Hall–Kier alpha value is -1.38. The van der Waals surface area contributed by atoms with E-state index in [4.69, 9.17) is 23.2 Å². The number of benzene rings is 1. The molecule has 4 heteroatoms. The second kappa shape index (κ2) is 4.64. The molecule has 0 amide bonds. The minimum atomic E-state index is 0.320. The van der Waals surface area contributed by atoms with Gasteiger partial charge in [0.15, 0.2) is 6.29 Å². The van der Waals surface area contributed by atoms with Crippen LogP contribution in [-0.4, -0.2) is 11.3 Å². The molecule has 1 aromatic heterocycles. The Balaban J connectivity index is 2.57. The van der Waals surface area contributed by atoms with Crippen molar-refractivity contribution in [1.29, 1.82) is 0 Å². The van der Waals surface area contributed by atoms with Gasteiger partial charge in [-0.05, 0) is 35.4 Å². The average Bonchev–Trinajstić information content (AvgIpc) is 2.30. The molecule has 0 bridgehead atoms. The van der Waals surface area contributed by atoms with Crippen LogP contribution in [0, 0.1) is 0 Å². The summed E-state index contributed by atoms with van der Waals surface area (Å²) in [5, 5.41) is 0.712. The Morgan fingerprint density at radius 3 is 2.06 bits per heavy atom. The van der Waals surface area contributed by atoms with Crippen LogP contribution in [0.5, 0.6) is 0 Å². The summed E-state index contributed by atoms with van der Waals surface area (Å²) in [6.07, 6.45) is 4.02. The van der Waals surface area contributed by atoms with Crippen molar-refractivity contribution in [3.8, 4) is 11.1 Å². The fourth-order valence-electron chi connectivity index (χ4n) is 1.41. The van der Waals surface area contributed by atoms with Crippen LogP contribution in [0.15, 0.2) is 36.7 Å². The number of carbonyl (C=O) groups excluding carboxylic acids is 1. The van der Waals surface area contributed by atoms with Crippen molar-refractivity contribution < 1.29 is 4.79 Å². The highest BCUT2D eigenvalue weighted by Gasteiger charge is 2.08. The third-order valence-electron chi connectivity index (χ3n) is 2.21. The van der Waals surface area contributed by atoms with Crippen LogP contribution in [0.3, 0.4) is 0 Å². The maximum absolute atomic E-state index is 10.7. The van der Waals surface area contributed by atoms with E-state index in [1.165, 1.54) is 0 Å². The number of rotatable bonds is 2. The fraction of sp³-hybridized carbons (Fsp3) is 0. The van der Waals surface area contributed by atoms with Gasteiger partial charge in [-0.2, -0.15) is 0 Å². The smallest absolute Gasteiger partial charge is 0.153 e. The Labute approximate surface area is 103 Å². The summed E-state index contributed by atoms with van der Waals surface area (Å²) in [5.74, 6) is 0. The first-order valence-corrected chi connectivity index (χ1v) is 5.32. The van der Waals surface area contributed by atoms with Crippen LogP contribution in [0.4, 0.5) is 0 Å². The average molecular weight is 252 g/mol. The Morgan fingerprint density at radius 2 is 1.56 bits per heavy atom. The molecule has 0 unspecified atom stereocenters. The SMILES string of the molecule is O=Cc1c(Cl)cc(-c2ccncc2)cc1Cl. The lowest BCUT2D eigenvalue weighted by molar-refractivity contribution is 0.112. The predicted octanol–water partition coefficient (Wildman–Crippen LogP) is 3.87. The van der Waals surface area contributed by atoms with Gasteiger partial charge in [0.25, 0.3) is 0 Å². The first kappa shape index (κ1) is 11.1. The van der Waals surface area contributed by atoms with E-state index in [0.29, 0.717) is 21.9 Å². The number of aldehydes is 1. The molecule has 0 atom stereocenters. The number of hydrogen-bond donors (Lipinski definition) is 0. The molecule has 2 nitrogen and oxygen atoms in total. The summed E-state index contributed by atoms with van der Waals surface area (Å²) < 4.78 is 0. The lowest BCUT2D eigenvalue weighted by atomic mass is 10.1. The zero-order chi connectivity index (χ0) is 11.5. The van der Waals surface area contributed by atoms with Crippen LogP contribution < -0.4 is 0 Å². The molecule has 16 heavy (non-hydrogen) atoms. The molecule has 2 rings (SSSR count). The highest BCUT2D eigenvalue weighted by Crippen LogP contribution is 2.30. The number of pyridine rings is 1. The summed E-state index contributed by atoms with van der Waals surface area (Å²) >= 11 is 11.9. The first-order valence-electron chi connectivity index (χ1n) is 4.57. The van der Waals surface area contributed by atoms with E-state index in [1.807, 2.05) is 12.1 Å². The van der Waals surface area contributed by atoms with E-state index in [1.54, 1.807) is 24.5 Å². The zero-order valence-corrected chi connectivity index (χ0v) is 9.66. The first-order chi connectivity index (χ1) is 7.72. The van der Waals surface area contributed by atoms with Gasteiger partial charge in [0, 0.05) is 12.4 Å². The second-order valence-electron chi connectivity index (χ2n) is 3.21. The Kier molecular flexibility index (Phi) is 3.22. The number of halogens is 2. The summed E-state index contributed by atoms with van der Waals surface area (Å²) in [7, 11) is 0. The van der Waals surface area contributed by atoms with Gasteiger partial charge in [0.2, 0.25) is 0 Å². The van der Waals surface area contributed by atoms with Crippen molar-refractivity contribution in [2.75, 3.05) is 0 Å². The van der Waals surface area contributed by atoms with Gasteiger partial charge in [-0.15, -0.1) is 0 Å².